The summed E-state index contributed by atoms with van der Waals surface area (Å²) in [5.41, 5.74) is 12.2. The first-order valence-electron chi connectivity index (χ1n) is 10.4. The van der Waals surface area contributed by atoms with Crippen molar-refractivity contribution >= 4 is 10.8 Å². The van der Waals surface area contributed by atoms with Gasteiger partial charge in [0.1, 0.15) is 0 Å². The van der Waals surface area contributed by atoms with Crippen LogP contribution in [0.1, 0.15) is 38.9 Å². The van der Waals surface area contributed by atoms with Crippen LogP contribution in [0.5, 0.6) is 0 Å². The molecular formula is C29H32. The molecule has 29 heavy (non-hydrogen) atoms. The van der Waals surface area contributed by atoms with Gasteiger partial charge < -0.3 is 0 Å². The van der Waals surface area contributed by atoms with Gasteiger partial charge in [0.2, 0.25) is 0 Å². The summed E-state index contributed by atoms with van der Waals surface area (Å²) in [7, 11) is 0. The van der Waals surface area contributed by atoms with E-state index in [1.54, 1.807) is 0 Å². The first-order valence-corrected chi connectivity index (χ1v) is 10.4. The molecule has 0 N–H and O–H groups in total. The minimum Gasteiger partial charge on any atom is -0.0587 e. The van der Waals surface area contributed by atoms with Gasteiger partial charge in [-0.3, -0.25) is 0 Å². The van der Waals surface area contributed by atoms with Crippen molar-refractivity contribution in [1.29, 1.82) is 0 Å². The van der Waals surface area contributed by atoms with Crippen molar-refractivity contribution in [2.75, 3.05) is 0 Å². The minimum atomic E-state index is 1.33. The average molecular weight is 381 g/mol. The Balaban J connectivity index is 0.000000169. The Hall–Kier alpha value is -2.86. The number of fused-ring (bicyclic) bond motifs is 1. The van der Waals surface area contributed by atoms with Crippen LogP contribution in [-0.2, 0) is 0 Å². The molecule has 0 nitrogen and oxygen atoms in total. The molecule has 0 saturated carbocycles. The fourth-order valence-corrected chi connectivity index (χ4v) is 3.95. The van der Waals surface area contributed by atoms with Crippen molar-refractivity contribution in [2.45, 2.75) is 48.5 Å². The highest BCUT2D eigenvalue weighted by Gasteiger charge is 2.05. The zero-order valence-electron chi connectivity index (χ0n) is 18.9. The van der Waals surface area contributed by atoms with Gasteiger partial charge in [0.05, 0.1) is 0 Å². The molecule has 4 rings (SSSR count). The zero-order valence-corrected chi connectivity index (χ0v) is 18.9. The largest absolute Gasteiger partial charge is 0.0587 e. The third kappa shape index (κ3) is 4.77. The highest BCUT2D eigenvalue weighted by atomic mass is 14.1. The summed E-state index contributed by atoms with van der Waals surface area (Å²) in [5, 5.41) is 2.73. The van der Waals surface area contributed by atoms with Crippen molar-refractivity contribution in [3.8, 4) is 11.1 Å². The van der Waals surface area contributed by atoms with Crippen LogP contribution < -0.4 is 0 Å². The lowest BCUT2D eigenvalue weighted by atomic mass is 9.94. The van der Waals surface area contributed by atoms with Crippen LogP contribution in [0.4, 0.5) is 0 Å². The topological polar surface area (TPSA) is 0 Å². The van der Waals surface area contributed by atoms with Crippen LogP contribution in [0.3, 0.4) is 0 Å². The molecule has 4 aromatic rings. The molecule has 148 valence electrons. The van der Waals surface area contributed by atoms with Gasteiger partial charge in [-0.05, 0) is 92.6 Å². The van der Waals surface area contributed by atoms with Crippen LogP contribution in [0, 0.1) is 48.5 Å². The lowest BCUT2D eigenvalue weighted by Gasteiger charge is -2.10. The standard InChI is InChI=1S/C16H18.C13H14/c1-11-5-7-15(13(3)9-11)16-8-6-12(2)10-14(16)4;1-9-4-7-13-11(3)10(2)5-6-12(13)8-9/h5-10H,1-4H3;4-8H,1-3H3. The van der Waals surface area contributed by atoms with Crippen LogP contribution in [0.2, 0.25) is 0 Å². The molecule has 0 spiro atoms. The van der Waals surface area contributed by atoms with Crippen LogP contribution >= 0.6 is 0 Å². The summed E-state index contributed by atoms with van der Waals surface area (Å²) in [4.78, 5) is 0. The third-order valence-electron chi connectivity index (χ3n) is 5.77. The van der Waals surface area contributed by atoms with Crippen LogP contribution in [0.15, 0.2) is 66.7 Å². The second-order valence-electron chi connectivity index (χ2n) is 8.37. The predicted molar refractivity (Wildman–Crippen MR) is 129 cm³/mol. The Labute approximate surface area is 176 Å². The number of aryl methyl sites for hydroxylation is 7. The molecule has 0 atom stereocenters. The maximum absolute atomic E-state index is 2.24. The molecule has 0 aliphatic heterocycles. The minimum absolute atomic E-state index is 1.33. The molecule has 0 heterocycles. The van der Waals surface area contributed by atoms with Gasteiger partial charge in [-0.15, -0.1) is 0 Å². The quantitative estimate of drug-likeness (QED) is 0.311. The van der Waals surface area contributed by atoms with Gasteiger partial charge in [-0.1, -0.05) is 83.4 Å². The van der Waals surface area contributed by atoms with Gasteiger partial charge in [-0.25, -0.2) is 0 Å². The van der Waals surface area contributed by atoms with Gasteiger partial charge in [0.25, 0.3) is 0 Å². The molecule has 0 radical (unpaired) electrons. The molecule has 4 aromatic carbocycles. The smallest absolute Gasteiger partial charge is 0.0152 e. The first kappa shape index (κ1) is 20.9. The molecule has 0 heteroatoms. The fraction of sp³-hybridized carbons (Fsp3) is 0.241. The Morgan fingerprint density at radius 2 is 0.897 bits per heavy atom. The summed E-state index contributed by atoms with van der Waals surface area (Å²) in [6.45, 7) is 15.1. The lowest BCUT2D eigenvalue weighted by Crippen LogP contribution is -1.88. The maximum Gasteiger partial charge on any atom is -0.0152 e. The van der Waals surface area contributed by atoms with Crippen molar-refractivity contribution in [2.24, 2.45) is 0 Å². The third-order valence-corrected chi connectivity index (χ3v) is 5.77. The van der Waals surface area contributed by atoms with Gasteiger partial charge in [0, 0.05) is 0 Å². The molecular weight excluding hydrogens is 348 g/mol. The van der Waals surface area contributed by atoms with E-state index in [2.05, 4.69) is 115 Å². The molecule has 0 aliphatic carbocycles. The molecule has 0 saturated heterocycles. The molecule has 0 fully saturated rings. The van der Waals surface area contributed by atoms with Crippen molar-refractivity contribution in [3.05, 3.63) is 106 Å². The van der Waals surface area contributed by atoms with Gasteiger partial charge in [-0.2, -0.15) is 0 Å². The Morgan fingerprint density at radius 3 is 1.41 bits per heavy atom. The van der Waals surface area contributed by atoms with E-state index in [1.807, 2.05) is 0 Å². The second kappa shape index (κ2) is 8.66. The fourth-order valence-electron chi connectivity index (χ4n) is 3.95. The van der Waals surface area contributed by atoms with E-state index >= 15 is 0 Å². The van der Waals surface area contributed by atoms with Crippen LogP contribution in [0.25, 0.3) is 21.9 Å². The zero-order chi connectivity index (χ0) is 21.1. The average Bonchev–Trinajstić information content (AvgIpc) is 2.66. The molecule has 0 unspecified atom stereocenters. The van der Waals surface area contributed by atoms with Crippen molar-refractivity contribution in [1.82, 2.24) is 0 Å². The first-order chi connectivity index (χ1) is 13.8. The molecule has 0 bridgehead atoms. The summed E-state index contributed by atoms with van der Waals surface area (Å²) in [6.07, 6.45) is 0. The number of hydrogen-bond acceptors (Lipinski definition) is 0. The SMILES string of the molecule is Cc1ccc(-c2ccc(C)cc2C)c(C)c1.Cc1ccc2c(C)c(C)ccc2c1. The Bertz CT molecular complexity index is 1110. The second-order valence-corrected chi connectivity index (χ2v) is 8.37. The number of hydrogen-bond donors (Lipinski definition) is 0. The van der Waals surface area contributed by atoms with E-state index in [4.69, 9.17) is 0 Å². The monoisotopic (exact) mass is 380 g/mol. The van der Waals surface area contributed by atoms with E-state index in [1.165, 1.54) is 60.8 Å². The van der Waals surface area contributed by atoms with Crippen LogP contribution in [-0.4, -0.2) is 0 Å². The van der Waals surface area contributed by atoms with Crippen molar-refractivity contribution < 1.29 is 0 Å². The Kier molecular flexibility index (Phi) is 6.23. The van der Waals surface area contributed by atoms with Crippen molar-refractivity contribution in [3.63, 3.8) is 0 Å². The summed E-state index contributed by atoms with van der Waals surface area (Å²) < 4.78 is 0. The summed E-state index contributed by atoms with van der Waals surface area (Å²) in [5.74, 6) is 0. The number of benzene rings is 4. The van der Waals surface area contributed by atoms with Gasteiger partial charge in [0.15, 0.2) is 0 Å². The highest BCUT2D eigenvalue weighted by molar-refractivity contribution is 5.87. The maximum atomic E-state index is 2.24. The predicted octanol–water partition coefficient (Wildman–Crippen LogP) is 8.35. The van der Waals surface area contributed by atoms with E-state index in [9.17, 15) is 0 Å². The summed E-state index contributed by atoms with van der Waals surface area (Å²) >= 11 is 0. The van der Waals surface area contributed by atoms with Gasteiger partial charge >= 0.3 is 0 Å². The molecule has 0 aromatic heterocycles. The highest BCUT2D eigenvalue weighted by Crippen LogP contribution is 2.27. The van der Waals surface area contributed by atoms with E-state index in [-0.39, 0.29) is 0 Å². The molecule has 0 aliphatic rings. The van der Waals surface area contributed by atoms with E-state index in [0.29, 0.717) is 0 Å². The Morgan fingerprint density at radius 1 is 0.414 bits per heavy atom. The lowest BCUT2D eigenvalue weighted by molar-refractivity contribution is 1.34. The van der Waals surface area contributed by atoms with E-state index < -0.39 is 0 Å². The summed E-state index contributed by atoms with van der Waals surface area (Å²) in [6, 6.07) is 24.3. The molecule has 0 amide bonds. The normalized spacial score (nSPS) is 10.6. The number of rotatable bonds is 1. The van der Waals surface area contributed by atoms with E-state index in [0.717, 1.165) is 0 Å².